The van der Waals surface area contributed by atoms with Gasteiger partial charge in [-0.3, -0.25) is 14.3 Å². The molecule has 0 bridgehead atoms. The summed E-state index contributed by atoms with van der Waals surface area (Å²) in [6.07, 6.45) is 4.55. The maximum atomic E-state index is 14.0. The summed E-state index contributed by atoms with van der Waals surface area (Å²) in [5.74, 6) is 0.198. The highest BCUT2D eigenvalue weighted by Crippen LogP contribution is 2.39. The highest BCUT2D eigenvalue weighted by Gasteiger charge is 2.33. The molecule has 2 aromatic heterocycles. The van der Waals surface area contributed by atoms with E-state index in [1.807, 2.05) is 0 Å². The number of rotatable bonds is 3. The zero-order valence-corrected chi connectivity index (χ0v) is 14.3. The average Bonchev–Trinajstić information content (AvgIpc) is 3.42. The molecule has 1 saturated carbocycles. The van der Waals surface area contributed by atoms with Crippen LogP contribution in [0, 0.1) is 18.7 Å². The maximum absolute atomic E-state index is 14.0. The van der Waals surface area contributed by atoms with Crippen molar-refractivity contribution in [2.75, 3.05) is 0 Å². The van der Waals surface area contributed by atoms with Crippen molar-refractivity contribution in [1.82, 2.24) is 14.5 Å². The molecule has 4 rings (SSSR count). The molecule has 0 aliphatic heterocycles. The Morgan fingerprint density at radius 3 is 2.84 bits per heavy atom. The molecule has 128 valence electrons. The third-order valence-corrected chi connectivity index (χ3v) is 4.98. The first-order valence-electron chi connectivity index (χ1n) is 8.06. The Hall–Kier alpha value is -2.31. The monoisotopic (exact) mass is 358 g/mol. The van der Waals surface area contributed by atoms with E-state index >= 15 is 0 Å². The standard InChI is InChI=1S/C18H16ClFN4O/c1-9-12(20)7-22-8-14(9)24-17(16(21)10-5-6-10)23-13-4-2-3-11(19)15(13)18(24)25/h2-4,7-8,10,16H,5-6,21H2,1H3. The summed E-state index contributed by atoms with van der Waals surface area (Å²) < 4.78 is 15.4. The number of benzene rings is 1. The van der Waals surface area contributed by atoms with Crippen molar-refractivity contribution in [2.45, 2.75) is 25.8 Å². The number of hydrogen-bond donors (Lipinski definition) is 1. The van der Waals surface area contributed by atoms with Crippen molar-refractivity contribution in [1.29, 1.82) is 0 Å². The van der Waals surface area contributed by atoms with Crippen molar-refractivity contribution in [2.24, 2.45) is 11.7 Å². The molecule has 1 unspecified atom stereocenters. The van der Waals surface area contributed by atoms with Crippen LogP contribution < -0.4 is 11.3 Å². The van der Waals surface area contributed by atoms with E-state index in [1.165, 1.54) is 10.8 Å². The summed E-state index contributed by atoms with van der Waals surface area (Å²) in [5.41, 5.74) is 7.13. The highest BCUT2D eigenvalue weighted by molar-refractivity contribution is 6.35. The SMILES string of the molecule is Cc1c(F)cncc1-n1c(C(N)C2CC2)nc2cccc(Cl)c2c1=O. The molecule has 1 aromatic carbocycles. The molecule has 0 saturated heterocycles. The van der Waals surface area contributed by atoms with Gasteiger partial charge in [-0.2, -0.15) is 0 Å². The van der Waals surface area contributed by atoms with Crippen LogP contribution in [0.15, 0.2) is 35.4 Å². The van der Waals surface area contributed by atoms with Gasteiger partial charge in [0.2, 0.25) is 0 Å². The molecule has 1 aliphatic rings. The Balaban J connectivity index is 2.11. The van der Waals surface area contributed by atoms with Gasteiger partial charge in [-0.25, -0.2) is 9.37 Å². The lowest BCUT2D eigenvalue weighted by molar-refractivity contribution is 0.569. The summed E-state index contributed by atoms with van der Waals surface area (Å²) >= 11 is 6.23. The summed E-state index contributed by atoms with van der Waals surface area (Å²) in [6, 6.07) is 4.70. The van der Waals surface area contributed by atoms with Crippen LogP contribution in [-0.2, 0) is 0 Å². The Morgan fingerprint density at radius 2 is 2.12 bits per heavy atom. The molecule has 25 heavy (non-hydrogen) atoms. The van der Waals surface area contributed by atoms with E-state index in [1.54, 1.807) is 25.1 Å². The molecule has 2 N–H and O–H groups in total. The smallest absolute Gasteiger partial charge is 0.267 e. The van der Waals surface area contributed by atoms with Crippen LogP contribution in [0.25, 0.3) is 16.6 Å². The van der Waals surface area contributed by atoms with E-state index in [0.29, 0.717) is 33.0 Å². The summed E-state index contributed by atoms with van der Waals surface area (Å²) in [5, 5.41) is 0.594. The van der Waals surface area contributed by atoms with Crippen LogP contribution in [0.3, 0.4) is 0 Å². The number of aromatic nitrogens is 3. The zero-order valence-electron chi connectivity index (χ0n) is 13.5. The Bertz CT molecular complexity index is 1050. The molecule has 1 aliphatic carbocycles. The fourth-order valence-electron chi connectivity index (χ4n) is 3.04. The molecule has 0 radical (unpaired) electrons. The first-order chi connectivity index (χ1) is 12.0. The average molecular weight is 359 g/mol. The lowest BCUT2D eigenvalue weighted by Gasteiger charge is -2.19. The lowest BCUT2D eigenvalue weighted by Crippen LogP contribution is -2.30. The lowest BCUT2D eigenvalue weighted by atomic mass is 10.1. The minimum Gasteiger partial charge on any atom is -0.321 e. The second-order valence-corrected chi connectivity index (χ2v) is 6.78. The van der Waals surface area contributed by atoms with E-state index in [-0.39, 0.29) is 11.5 Å². The zero-order chi connectivity index (χ0) is 17.7. The minimum atomic E-state index is -0.491. The van der Waals surface area contributed by atoms with Crippen molar-refractivity contribution in [3.05, 3.63) is 63.2 Å². The van der Waals surface area contributed by atoms with Crippen molar-refractivity contribution < 1.29 is 4.39 Å². The molecule has 1 fully saturated rings. The number of hydrogen-bond acceptors (Lipinski definition) is 4. The van der Waals surface area contributed by atoms with Crippen LogP contribution in [0.5, 0.6) is 0 Å². The molecule has 3 aromatic rings. The third kappa shape index (κ3) is 2.62. The van der Waals surface area contributed by atoms with Crippen LogP contribution in [0.2, 0.25) is 5.02 Å². The summed E-state index contributed by atoms with van der Waals surface area (Å²) in [4.78, 5) is 21.7. The van der Waals surface area contributed by atoms with Crippen LogP contribution in [-0.4, -0.2) is 14.5 Å². The highest BCUT2D eigenvalue weighted by atomic mass is 35.5. The van der Waals surface area contributed by atoms with E-state index < -0.39 is 11.9 Å². The predicted octanol–water partition coefficient (Wildman–Crippen LogP) is 3.29. The summed E-state index contributed by atoms with van der Waals surface area (Å²) in [7, 11) is 0. The van der Waals surface area contributed by atoms with E-state index in [2.05, 4.69) is 9.97 Å². The second-order valence-electron chi connectivity index (χ2n) is 6.37. The molecular formula is C18H16ClFN4O. The van der Waals surface area contributed by atoms with Gasteiger partial charge in [0.05, 0.1) is 40.0 Å². The van der Waals surface area contributed by atoms with Crippen molar-refractivity contribution >= 4 is 22.5 Å². The number of pyridine rings is 1. The maximum Gasteiger partial charge on any atom is 0.267 e. The van der Waals surface area contributed by atoms with Crippen LogP contribution >= 0.6 is 11.6 Å². The Labute approximate surface area is 148 Å². The molecular weight excluding hydrogens is 343 g/mol. The third-order valence-electron chi connectivity index (χ3n) is 4.67. The quantitative estimate of drug-likeness (QED) is 0.779. The first-order valence-corrected chi connectivity index (χ1v) is 8.44. The molecule has 7 heteroatoms. The van der Waals surface area contributed by atoms with Gasteiger partial charge in [0.15, 0.2) is 0 Å². The molecule has 5 nitrogen and oxygen atoms in total. The number of fused-ring (bicyclic) bond motifs is 1. The first kappa shape index (κ1) is 16.2. The van der Waals surface area contributed by atoms with Gasteiger partial charge >= 0.3 is 0 Å². The van der Waals surface area contributed by atoms with Gasteiger partial charge < -0.3 is 5.73 Å². The van der Waals surface area contributed by atoms with Crippen LogP contribution in [0.1, 0.15) is 30.3 Å². The van der Waals surface area contributed by atoms with Gasteiger partial charge in [-0.15, -0.1) is 0 Å². The van der Waals surface area contributed by atoms with Gasteiger partial charge in [-0.05, 0) is 37.8 Å². The summed E-state index contributed by atoms with van der Waals surface area (Å²) in [6.45, 7) is 1.60. The van der Waals surface area contributed by atoms with E-state index in [4.69, 9.17) is 17.3 Å². The van der Waals surface area contributed by atoms with Crippen LogP contribution in [0.4, 0.5) is 4.39 Å². The number of nitrogens with zero attached hydrogens (tertiary/aromatic N) is 3. The fourth-order valence-corrected chi connectivity index (χ4v) is 3.29. The topological polar surface area (TPSA) is 73.8 Å². The van der Waals surface area contributed by atoms with E-state index in [9.17, 15) is 9.18 Å². The molecule has 0 amide bonds. The predicted molar refractivity (Wildman–Crippen MR) is 94.5 cm³/mol. The van der Waals surface area contributed by atoms with Gasteiger partial charge in [-0.1, -0.05) is 17.7 Å². The fraction of sp³-hybridized carbons (Fsp3) is 0.278. The Kier molecular flexibility index (Phi) is 3.81. The van der Waals surface area contributed by atoms with Gasteiger partial charge in [0.25, 0.3) is 5.56 Å². The molecule has 0 spiro atoms. The minimum absolute atomic E-state index is 0.275. The largest absolute Gasteiger partial charge is 0.321 e. The van der Waals surface area contributed by atoms with Gasteiger partial charge in [0.1, 0.15) is 11.6 Å². The van der Waals surface area contributed by atoms with Crippen molar-refractivity contribution in [3.8, 4) is 5.69 Å². The van der Waals surface area contributed by atoms with Crippen molar-refractivity contribution in [3.63, 3.8) is 0 Å². The molecule has 1 atom stereocenters. The second kappa shape index (κ2) is 5.89. The number of halogens is 2. The Morgan fingerprint density at radius 1 is 1.36 bits per heavy atom. The number of nitrogens with two attached hydrogens (primary N) is 1. The van der Waals surface area contributed by atoms with Gasteiger partial charge in [0, 0.05) is 5.56 Å². The molecule has 2 heterocycles. The van der Waals surface area contributed by atoms with E-state index in [0.717, 1.165) is 19.0 Å². The normalized spacial score (nSPS) is 15.5.